The van der Waals surface area contributed by atoms with Crippen molar-refractivity contribution in [3.05, 3.63) is 53.8 Å². The molecule has 2 nitrogen and oxygen atoms in total. The molecule has 0 saturated heterocycles. The predicted octanol–water partition coefficient (Wildman–Crippen LogP) is 9.78. The quantitative estimate of drug-likeness (QED) is 0.377. The molecule has 0 spiro atoms. The molecule has 5 rings (SSSR count). The molecule has 0 amide bonds. The molecule has 0 unspecified atom stereocenters. The number of nitrogens with zero attached hydrogens (tertiary/aromatic N) is 1. The summed E-state index contributed by atoms with van der Waals surface area (Å²) in [6.45, 7) is 2.38. The van der Waals surface area contributed by atoms with E-state index >= 15 is 8.78 Å². The van der Waals surface area contributed by atoms with Crippen LogP contribution in [0.15, 0.2) is 42.5 Å². The lowest BCUT2D eigenvalue weighted by Gasteiger charge is -2.41. The van der Waals surface area contributed by atoms with Gasteiger partial charge in [0.05, 0.1) is 17.6 Å². The fourth-order valence-electron chi connectivity index (χ4n) is 7.53. The Kier molecular flexibility index (Phi) is 8.36. The monoisotopic (exact) mass is 523 g/mol. The molecule has 3 aliphatic rings. The first kappa shape index (κ1) is 27.1. The van der Waals surface area contributed by atoms with E-state index in [1.807, 2.05) is 6.07 Å². The van der Waals surface area contributed by atoms with Crippen molar-refractivity contribution < 1.29 is 17.9 Å². The van der Waals surface area contributed by atoms with E-state index in [9.17, 15) is 4.39 Å². The Morgan fingerprint density at radius 2 is 1.24 bits per heavy atom. The molecule has 0 bridgehead atoms. The Morgan fingerprint density at radius 3 is 1.74 bits per heavy atom. The van der Waals surface area contributed by atoms with Crippen molar-refractivity contribution >= 4 is 0 Å². The maximum Gasteiger partial charge on any atom is 0.400 e. The molecule has 3 aliphatic carbocycles. The highest BCUT2D eigenvalue weighted by molar-refractivity contribution is 5.65. The normalized spacial score (nSPS) is 30.4. The average Bonchev–Trinajstić information content (AvgIpc) is 2.94. The molecule has 38 heavy (non-hydrogen) atoms. The van der Waals surface area contributed by atoms with Crippen molar-refractivity contribution in [3.63, 3.8) is 0 Å². The molecule has 0 heterocycles. The number of rotatable bonds is 6. The molecular formula is C33H40F3NO. The van der Waals surface area contributed by atoms with Crippen LogP contribution in [-0.2, 0) is 0 Å². The minimum atomic E-state index is -3.32. The van der Waals surface area contributed by atoms with Gasteiger partial charge in [0.1, 0.15) is 11.6 Å². The van der Waals surface area contributed by atoms with Gasteiger partial charge in [0.25, 0.3) is 0 Å². The molecule has 2 aromatic carbocycles. The molecule has 204 valence electrons. The van der Waals surface area contributed by atoms with E-state index in [0.29, 0.717) is 41.4 Å². The standard InChI is InChI=1S/C33H40F3NO/c1-22-2-6-24(7-3-22)25-10-12-26(13-11-25)27-14-16-29(17-15-27)33(35,36)38-30-18-19-31(32(34)20-30)28-8-4-23(21-37)5-9-28/h4-5,8-9,18-20,22,24-27,29H,2-3,6-7,10-17H2,1H3. The van der Waals surface area contributed by atoms with Crippen molar-refractivity contribution in [2.75, 3.05) is 0 Å². The smallest absolute Gasteiger partial charge is 0.400 e. The Morgan fingerprint density at radius 1 is 0.737 bits per heavy atom. The molecule has 3 saturated carbocycles. The predicted molar refractivity (Wildman–Crippen MR) is 144 cm³/mol. The minimum Gasteiger partial charge on any atom is -0.432 e. The van der Waals surface area contributed by atoms with Gasteiger partial charge in [0.2, 0.25) is 0 Å². The van der Waals surface area contributed by atoms with Crippen molar-refractivity contribution in [2.24, 2.45) is 35.5 Å². The molecule has 0 atom stereocenters. The third-order valence-electron chi connectivity index (χ3n) is 9.98. The number of benzene rings is 2. The molecular weight excluding hydrogens is 483 g/mol. The number of alkyl halides is 2. The summed E-state index contributed by atoms with van der Waals surface area (Å²) in [4.78, 5) is 0. The van der Waals surface area contributed by atoms with Gasteiger partial charge < -0.3 is 4.74 Å². The first-order valence-electron chi connectivity index (χ1n) is 14.7. The molecule has 0 aromatic heterocycles. The maximum absolute atomic E-state index is 15.1. The summed E-state index contributed by atoms with van der Waals surface area (Å²) < 4.78 is 50.1. The Bertz CT molecular complexity index is 1100. The first-order valence-corrected chi connectivity index (χ1v) is 14.7. The molecule has 2 aromatic rings. The van der Waals surface area contributed by atoms with E-state index in [4.69, 9.17) is 10.00 Å². The van der Waals surface area contributed by atoms with Crippen LogP contribution in [0.3, 0.4) is 0 Å². The summed E-state index contributed by atoms with van der Waals surface area (Å²) in [6, 6.07) is 12.4. The summed E-state index contributed by atoms with van der Waals surface area (Å²) in [6.07, 6.45) is 10.1. The Hall–Kier alpha value is -2.48. The van der Waals surface area contributed by atoms with Crippen LogP contribution < -0.4 is 4.74 Å². The fourth-order valence-corrected chi connectivity index (χ4v) is 7.53. The number of hydrogen-bond donors (Lipinski definition) is 0. The maximum atomic E-state index is 15.1. The lowest BCUT2D eigenvalue weighted by atomic mass is 9.65. The van der Waals surface area contributed by atoms with Crippen LogP contribution in [0.2, 0.25) is 0 Å². The molecule has 3 fully saturated rings. The Labute approximate surface area is 225 Å². The summed E-state index contributed by atoms with van der Waals surface area (Å²) in [5.74, 6) is 2.34. The van der Waals surface area contributed by atoms with Gasteiger partial charge in [0, 0.05) is 11.6 Å². The van der Waals surface area contributed by atoms with Gasteiger partial charge in [0.15, 0.2) is 0 Å². The number of halogens is 3. The van der Waals surface area contributed by atoms with Gasteiger partial charge in [-0.05, 0) is 124 Å². The van der Waals surface area contributed by atoms with Crippen molar-refractivity contribution in [1.29, 1.82) is 5.26 Å². The van der Waals surface area contributed by atoms with Gasteiger partial charge in [-0.1, -0.05) is 31.9 Å². The Balaban J connectivity index is 1.11. The largest absolute Gasteiger partial charge is 0.432 e. The summed E-state index contributed by atoms with van der Waals surface area (Å²) in [5.41, 5.74) is 1.35. The van der Waals surface area contributed by atoms with Crippen molar-refractivity contribution in [3.8, 4) is 22.9 Å². The summed E-state index contributed by atoms with van der Waals surface area (Å²) in [5, 5.41) is 8.94. The van der Waals surface area contributed by atoms with Crippen LogP contribution in [0.5, 0.6) is 5.75 Å². The second-order valence-electron chi connectivity index (χ2n) is 12.3. The van der Waals surface area contributed by atoms with Crippen LogP contribution in [0.4, 0.5) is 13.2 Å². The number of hydrogen-bond acceptors (Lipinski definition) is 2. The molecule has 5 heteroatoms. The van der Waals surface area contributed by atoms with E-state index in [0.717, 1.165) is 36.7 Å². The van der Waals surface area contributed by atoms with Crippen LogP contribution in [-0.4, -0.2) is 6.11 Å². The second-order valence-corrected chi connectivity index (χ2v) is 12.3. The van der Waals surface area contributed by atoms with Gasteiger partial charge in [-0.3, -0.25) is 0 Å². The van der Waals surface area contributed by atoms with Crippen molar-refractivity contribution in [1.82, 2.24) is 0 Å². The highest BCUT2D eigenvalue weighted by atomic mass is 19.3. The summed E-state index contributed by atoms with van der Waals surface area (Å²) in [7, 11) is 0. The molecule has 0 N–H and O–H groups in total. The topological polar surface area (TPSA) is 33.0 Å². The zero-order valence-corrected chi connectivity index (χ0v) is 22.5. The summed E-state index contributed by atoms with van der Waals surface area (Å²) >= 11 is 0. The zero-order valence-electron chi connectivity index (χ0n) is 22.5. The van der Waals surface area contributed by atoms with E-state index in [1.165, 1.54) is 63.5 Å². The molecule has 0 radical (unpaired) electrons. The SMILES string of the molecule is CC1CCC(C2CCC(C3CCC(C(F)(F)Oc4ccc(-c5ccc(C#N)cc5)c(F)c4)CC3)CC2)CC1. The third-order valence-corrected chi connectivity index (χ3v) is 9.98. The van der Waals surface area contributed by atoms with Gasteiger partial charge >= 0.3 is 6.11 Å². The van der Waals surface area contributed by atoms with Gasteiger partial charge in [-0.25, -0.2) is 4.39 Å². The average molecular weight is 524 g/mol. The zero-order chi connectivity index (χ0) is 26.7. The van der Waals surface area contributed by atoms with Crippen molar-refractivity contribution in [2.45, 2.75) is 90.1 Å². The highest BCUT2D eigenvalue weighted by Gasteiger charge is 2.45. The van der Waals surface area contributed by atoms with E-state index < -0.39 is 17.8 Å². The lowest BCUT2D eigenvalue weighted by Crippen LogP contribution is -2.38. The van der Waals surface area contributed by atoms with E-state index in [1.54, 1.807) is 24.3 Å². The minimum absolute atomic E-state index is 0.151. The van der Waals surface area contributed by atoms with Crippen LogP contribution in [0, 0.1) is 52.7 Å². The molecule has 0 aliphatic heterocycles. The number of nitriles is 1. The van der Waals surface area contributed by atoms with Crippen LogP contribution >= 0.6 is 0 Å². The number of ether oxygens (including phenoxy) is 1. The van der Waals surface area contributed by atoms with E-state index in [2.05, 4.69) is 6.92 Å². The van der Waals surface area contributed by atoms with Crippen LogP contribution in [0.1, 0.15) is 89.5 Å². The van der Waals surface area contributed by atoms with Crippen LogP contribution in [0.25, 0.3) is 11.1 Å². The van der Waals surface area contributed by atoms with Gasteiger partial charge in [-0.15, -0.1) is 0 Å². The third kappa shape index (κ3) is 6.22. The van der Waals surface area contributed by atoms with Gasteiger partial charge in [-0.2, -0.15) is 14.0 Å². The second kappa shape index (κ2) is 11.7. The lowest BCUT2D eigenvalue weighted by molar-refractivity contribution is -0.224. The first-order chi connectivity index (χ1) is 18.3. The fraction of sp³-hybridized carbons (Fsp3) is 0.606. The van der Waals surface area contributed by atoms with E-state index in [-0.39, 0.29) is 5.75 Å². The highest BCUT2D eigenvalue weighted by Crippen LogP contribution is 2.48.